The molecule has 0 bridgehead atoms. The summed E-state index contributed by atoms with van der Waals surface area (Å²) < 4.78 is 352. The number of aromatic nitrogens is 2. The number of halogens is 24. The van der Waals surface area contributed by atoms with Crippen LogP contribution >= 0.6 is 0 Å². The smallest absolute Gasteiger partial charge is 0.416 e. The van der Waals surface area contributed by atoms with Gasteiger partial charge in [-0.25, -0.2) is 9.59 Å². The van der Waals surface area contributed by atoms with Gasteiger partial charge < -0.3 is 9.47 Å². The summed E-state index contributed by atoms with van der Waals surface area (Å²) in [6, 6.07) is -0.452. The fraction of sp³-hybridized carbons (Fsp3) is 0.220. The third kappa shape index (κ3) is 14.9. The van der Waals surface area contributed by atoms with Crippen molar-refractivity contribution in [2.75, 3.05) is 14.2 Å². The van der Waals surface area contributed by atoms with Gasteiger partial charge in [-0.1, -0.05) is 78.9 Å². The summed E-state index contributed by atoms with van der Waals surface area (Å²) in [7, 11) is 2.27. The first kappa shape index (κ1) is 64.7. The lowest BCUT2D eigenvalue weighted by Gasteiger charge is -2.46. The molecular weight excluding hydrogens is 1180 g/mol. The Morgan fingerprint density at radius 2 is 0.646 bits per heavy atom. The van der Waals surface area contributed by atoms with E-state index in [2.05, 4.69) is 14.5 Å². The molecule has 0 aliphatic rings. The highest BCUT2D eigenvalue weighted by molar-refractivity contribution is 7.20. The molecule has 0 aliphatic carbocycles. The summed E-state index contributed by atoms with van der Waals surface area (Å²) in [5.41, 5.74) is -30.3. The number of carbonyl (C=O) groups is 3. The average Bonchev–Trinajstić information content (AvgIpc) is 1.90. The molecule has 6 aromatic rings. The van der Waals surface area contributed by atoms with Crippen LogP contribution in [0.3, 0.4) is 0 Å². The molecule has 0 amide bonds. The van der Waals surface area contributed by atoms with Gasteiger partial charge in [0.2, 0.25) is 0 Å². The molecule has 0 spiro atoms. The van der Waals surface area contributed by atoms with Crippen LogP contribution in [0.1, 0.15) is 54.9 Å². The lowest BCUT2D eigenvalue weighted by molar-refractivity contribution is -0.688. The Bertz CT molecular complexity index is 2900. The maximum Gasteiger partial charge on any atom is 0.416 e. The number of alkyl halides is 24. The van der Waals surface area contributed by atoms with Crippen LogP contribution < -0.4 is 26.4 Å². The van der Waals surface area contributed by atoms with Gasteiger partial charge in [0.05, 0.1) is 76.7 Å². The molecule has 1 heterocycles. The van der Waals surface area contributed by atoms with Crippen LogP contribution in [0.2, 0.25) is 0 Å². The van der Waals surface area contributed by atoms with Crippen molar-refractivity contribution in [3.63, 3.8) is 0 Å². The number of nitrogens with zero attached hydrogens (tertiary/aromatic N) is 2. The molecule has 32 heteroatoms. The quantitative estimate of drug-likeness (QED) is 0.0199. The Morgan fingerprint density at radius 3 is 0.866 bits per heavy atom. The molecule has 7 nitrogen and oxygen atoms in total. The number of ether oxygens (including phenoxy) is 2. The summed E-state index contributed by atoms with van der Waals surface area (Å²) in [6.45, 7) is -0.0181. The molecule has 6 rings (SSSR count). The zero-order valence-electron chi connectivity index (χ0n) is 40.4. The van der Waals surface area contributed by atoms with E-state index in [1.807, 2.05) is 0 Å². The lowest BCUT2D eigenvalue weighted by atomic mass is 9.12. The van der Waals surface area contributed by atoms with Gasteiger partial charge in [-0.2, -0.15) is 132 Å². The Balaban J connectivity index is 0.000000409. The molecule has 82 heavy (non-hydrogen) atoms. The Kier molecular flexibility index (Phi) is 18.2. The van der Waals surface area contributed by atoms with E-state index in [1.165, 1.54) is 12.4 Å². The summed E-state index contributed by atoms with van der Waals surface area (Å²) in [6.07, 6.45) is -48.5. The normalized spacial score (nSPS) is 13.0. The van der Waals surface area contributed by atoms with Crippen molar-refractivity contribution in [2.45, 2.75) is 56.0 Å². The van der Waals surface area contributed by atoms with Gasteiger partial charge in [-0.05, 0) is 24.3 Å². The molecule has 1 aromatic heterocycles. The van der Waals surface area contributed by atoms with Gasteiger partial charge in [0, 0.05) is 5.56 Å². The lowest BCUT2D eigenvalue weighted by Crippen LogP contribution is -2.75. The summed E-state index contributed by atoms with van der Waals surface area (Å²) >= 11 is 0. The predicted molar refractivity (Wildman–Crippen MR) is 236 cm³/mol. The van der Waals surface area contributed by atoms with E-state index >= 15 is 0 Å². The van der Waals surface area contributed by atoms with Crippen molar-refractivity contribution >= 4 is 45.7 Å². The number of benzene rings is 5. The topological polar surface area (TPSA) is 86.4 Å². The number of Topliss-reactive ketones (excluding diaryl/α,β-unsaturated/α-hetero) is 1. The molecule has 0 aliphatic heterocycles. The average molecular weight is 1200 g/mol. The zero-order valence-corrected chi connectivity index (χ0v) is 40.4. The molecular formula is C50H29BF24N2O5. The third-order valence-corrected chi connectivity index (χ3v) is 11.9. The van der Waals surface area contributed by atoms with Gasteiger partial charge in [0.25, 0.3) is 0 Å². The van der Waals surface area contributed by atoms with Gasteiger partial charge in [-0.15, -0.1) is 0 Å². The summed E-state index contributed by atoms with van der Waals surface area (Å²) in [5.74, 6) is -2.32. The maximum atomic E-state index is 14.2. The number of ketones is 1. The number of methoxy groups -OCH3 is 2. The van der Waals surface area contributed by atoms with E-state index in [0.717, 1.165) is 14.2 Å². The minimum absolute atomic E-state index is 0.0181. The number of hydrogen-bond donors (Lipinski definition) is 0. The molecule has 0 unspecified atom stereocenters. The first-order chi connectivity index (χ1) is 37.3. The van der Waals surface area contributed by atoms with Crippen LogP contribution in [0.15, 0.2) is 139 Å². The minimum Gasteiger partial charge on any atom is -0.465 e. The second-order valence-corrected chi connectivity index (χ2v) is 17.2. The highest BCUT2D eigenvalue weighted by Crippen LogP contribution is 2.41. The maximum absolute atomic E-state index is 14.2. The zero-order chi connectivity index (χ0) is 62.1. The molecule has 0 fully saturated rings. The minimum atomic E-state index is -6.13. The van der Waals surface area contributed by atoms with E-state index in [9.17, 15) is 120 Å². The van der Waals surface area contributed by atoms with Crippen molar-refractivity contribution in [3.8, 4) is 0 Å². The van der Waals surface area contributed by atoms with Gasteiger partial charge in [-0.3, -0.25) is 9.78 Å². The molecule has 440 valence electrons. The van der Waals surface area contributed by atoms with Crippen LogP contribution in [0, 0.1) is 0 Å². The molecule has 0 saturated carbocycles. The van der Waals surface area contributed by atoms with Crippen molar-refractivity contribution in [2.24, 2.45) is 0 Å². The van der Waals surface area contributed by atoms with Crippen LogP contribution in [0.4, 0.5) is 105 Å². The van der Waals surface area contributed by atoms with E-state index in [1.54, 1.807) is 47.3 Å². The number of carbonyl (C=O) groups excluding carboxylic acids is 3. The van der Waals surface area contributed by atoms with Crippen molar-refractivity contribution in [1.29, 1.82) is 0 Å². The molecule has 5 aromatic carbocycles. The van der Waals surface area contributed by atoms with Gasteiger partial charge >= 0.3 is 61.3 Å². The fourth-order valence-corrected chi connectivity index (χ4v) is 8.27. The van der Waals surface area contributed by atoms with Gasteiger partial charge in [0.15, 0.2) is 30.3 Å². The Hall–Kier alpha value is -8.09. The standard InChI is InChI=1S/C32H12BF24.C18H17N2O5/c34-25(35,36)13-1-14(26(37,38)39)6-21(5-13)33(22-7-15(27(40,41)42)2-16(8-22)28(43,44)45,23-9-17(29(46,47)48)3-18(10-23)30(49,50)51)24-11-19(31(52,53)54)4-20(12-24)32(55,56)57;1-24-17(22)15(18(23)25-2)14(12-20-10-8-19-9-11-20)16(21)13-6-4-3-5-7-13/h1-12H;3-11H,12H2,1-2H3/q-1;+1. The Labute approximate surface area is 443 Å². The summed E-state index contributed by atoms with van der Waals surface area (Å²) in [5, 5.41) is 0. The predicted octanol–water partition coefficient (Wildman–Crippen LogP) is 12.1. The SMILES string of the molecule is COC(=O)C(C(=O)OC)=C(C[n+]1ccncc1)C(=O)c1ccccc1.FC(F)(F)c1cc([B-](c2cc(C(F)(F)F)cc(C(F)(F)F)c2)(c2cc(C(F)(F)F)cc(C(F)(F)F)c2)c2cc(C(F)(F)F)cc(C(F)(F)F)c2)cc(C(F)(F)F)c1. The van der Waals surface area contributed by atoms with Crippen LogP contribution in [0.5, 0.6) is 0 Å². The second-order valence-electron chi connectivity index (χ2n) is 17.2. The highest BCUT2D eigenvalue weighted by Gasteiger charge is 2.47. The monoisotopic (exact) mass is 1200 g/mol. The van der Waals surface area contributed by atoms with Gasteiger partial charge in [0.1, 0.15) is 6.15 Å². The van der Waals surface area contributed by atoms with E-state index in [4.69, 9.17) is 0 Å². The first-order valence-corrected chi connectivity index (χ1v) is 22.0. The summed E-state index contributed by atoms with van der Waals surface area (Å²) in [4.78, 5) is 41.1. The molecule has 0 radical (unpaired) electrons. The largest absolute Gasteiger partial charge is 0.465 e. The number of rotatable bonds is 10. The van der Waals surface area contributed by atoms with E-state index < -0.39 is 218 Å². The number of allylic oxidation sites excluding steroid dienone is 1. The van der Waals surface area contributed by atoms with Crippen molar-refractivity contribution in [3.05, 3.63) is 189 Å². The third-order valence-electron chi connectivity index (χ3n) is 11.9. The molecule has 0 atom stereocenters. The van der Waals surface area contributed by atoms with Crippen LogP contribution in [-0.2, 0) is 75.0 Å². The van der Waals surface area contributed by atoms with Crippen LogP contribution in [0.25, 0.3) is 0 Å². The van der Waals surface area contributed by atoms with Crippen LogP contribution in [-0.4, -0.2) is 43.1 Å². The van der Waals surface area contributed by atoms with E-state index in [0.29, 0.717) is 5.56 Å². The molecule has 0 N–H and O–H groups in total. The number of hydrogen-bond acceptors (Lipinski definition) is 6. The van der Waals surface area contributed by atoms with Crippen molar-refractivity contribution < 1.29 is 134 Å². The highest BCUT2D eigenvalue weighted by atomic mass is 19.4. The first-order valence-electron chi connectivity index (χ1n) is 22.0. The number of esters is 2. The second kappa shape index (κ2) is 23.0. The Morgan fingerprint density at radius 1 is 0.402 bits per heavy atom. The van der Waals surface area contributed by atoms with Crippen molar-refractivity contribution in [1.82, 2.24) is 4.98 Å². The van der Waals surface area contributed by atoms with E-state index in [-0.39, 0.29) is 12.1 Å². The fourth-order valence-electron chi connectivity index (χ4n) is 8.27. The molecule has 0 saturated heterocycles.